The summed E-state index contributed by atoms with van der Waals surface area (Å²) in [6, 6.07) is 15.5. The highest BCUT2D eigenvalue weighted by atomic mass is 16.6. The first-order valence-corrected chi connectivity index (χ1v) is 10.4. The van der Waals surface area contributed by atoms with E-state index in [0.29, 0.717) is 28.2 Å². The molecule has 0 aromatic heterocycles. The molecule has 154 valence electrons. The summed E-state index contributed by atoms with van der Waals surface area (Å²) in [6.45, 7) is 2.11. The number of aromatic hydroxyl groups is 2. The van der Waals surface area contributed by atoms with Gasteiger partial charge in [0.2, 0.25) is 0 Å². The van der Waals surface area contributed by atoms with Gasteiger partial charge in [-0.1, -0.05) is 17.7 Å². The second-order valence-electron chi connectivity index (χ2n) is 8.38. The molecule has 2 aliphatic heterocycles. The third-order valence-electron chi connectivity index (χ3n) is 6.69. The van der Waals surface area contributed by atoms with Crippen LogP contribution in [0.2, 0.25) is 0 Å². The molecule has 0 radical (unpaired) electrons. The highest BCUT2D eigenvalue weighted by Gasteiger charge is 2.53. The van der Waals surface area contributed by atoms with Crippen LogP contribution in [0.5, 0.6) is 23.0 Å². The Hall–Kier alpha value is -3.73. The lowest BCUT2D eigenvalue weighted by Crippen LogP contribution is -2.32. The van der Waals surface area contributed by atoms with Gasteiger partial charge in [-0.15, -0.1) is 0 Å². The summed E-state index contributed by atoms with van der Waals surface area (Å²) in [5, 5.41) is 20.0. The second kappa shape index (κ2) is 6.14. The summed E-state index contributed by atoms with van der Waals surface area (Å²) in [4.78, 5) is 13.1. The van der Waals surface area contributed by atoms with Crippen molar-refractivity contribution in [2.24, 2.45) is 0 Å². The van der Waals surface area contributed by atoms with Gasteiger partial charge in [0, 0.05) is 28.8 Å². The van der Waals surface area contributed by atoms with Crippen molar-refractivity contribution in [1.29, 1.82) is 0 Å². The highest BCUT2D eigenvalue weighted by molar-refractivity contribution is 5.98. The van der Waals surface area contributed by atoms with E-state index in [1.165, 1.54) is 29.7 Å². The number of phenolic OH excluding ortho intramolecular Hbond substituents is 2. The molecule has 3 aromatic carbocycles. The molecule has 1 spiro atoms. The monoisotopic (exact) mass is 412 g/mol. The van der Waals surface area contributed by atoms with E-state index in [-0.39, 0.29) is 11.5 Å². The Morgan fingerprint density at radius 1 is 0.871 bits per heavy atom. The average molecular weight is 412 g/mol. The van der Waals surface area contributed by atoms with Gasteiger partial charge in [0.15, 0.2) is 5.60 Å². The van der Waals surface area contributed by atoms with E-state index < -0.39 is 11.6 Å². The molecule has 1 fully saturated rings. The van der Waals surface area contributed by atoms with Gasteiger partial charge in [0.25, 0.3) is 0 Å². The molecule has 2 N–H and O–H groups in total. The molecule has 3 aromatic rings. The van der Waals surface area contributed by atoms with Gasteiger partial charge in [-0.3, -0.25) is 0 Å². The number of ether oxygens (including phenoxy) is 2. The van der Waals surface area contributed by atoms with Crippen LogP contribution in [0.15, 0.2) is 60.2 Å². The number of rotatable bonds is 1. The van der Waals surface area contributed by atoms with Crippen LogP contribution in [0.3, 0.4) is 0 Å². The van der Waals surface area contributed by atoms with Crippen molar-refractivity contribution >= 4 is 11.5 Å². The molecule has 0 unspecified atom stereocenters. The fraction of sp³-hybridized carbons (Fsp3) is 0.192. The van der Waals surface area contributed by atoms with Crippen molar-refractivity contribution in [3.63, 3.8) is 0 Å². The number of esters is 1. The standard InChI is InChI=1S/C26H20O5/c1-14(15-3-2-4-15)16-5-8-20-19(11-16)25(29)31-26(20)21-9-6-17(27)12-23(21)30-24-13-18(28)7-10-22(24)26/h5-13,27-28H,2-4H2,1H3. The number of hydrogen-bond acceptors (Lipinski definition) is 5. The molecule has 0 atom stereocenters. The lowest BCUT2D eigenvalue weighted by Gasteiger charge is -2.36. The van der Waals surface area contributed by atoms with E-state index in [2.05, 4.69) is 6.92 Å². The highest BCUT2D eigenvalue weighted by Crippen LogP contribution is 2.57. The maximum atomic E-state index is 13.1. The summed E-state index contributed by atoms with van der Waals surface area (Å²) >= 11 is 0. The smallest absolute Gasteiger partial charge is 0.340 e. The molecule has 2 heterocycles. The Balaban J connectivity index is 1.62. The van der Waals surface area contributed by atoms with Crippen LogP contribution in [-0.2, 0) is 10.3 Å². The SMILES string of the molecule is CC(=C1CCC1)c1ccc2c(c1)C(=O)OC21c2ccc(O)cc2Oc2cc(O)ccc21. The first kappa shape index (κ1) is 18.1. The predicted molar refractivity (Wildman–Crippen MR) is 114 cm³/mol. The van der Waals surface area contributed by atoms with Gasteiger partial charge in [-0.2, -0.15) is 0 Å². The van der Waals surface area contributed by atoms with Crippen LogP contribution in [0, 0.1) is 0 Å². The van der Waals surface area contributed by atoms with Gasteiger partial charge in [0.05, 0.1) is 5.56 Å². The summed E-state index contributed by atoms with van der Waals surface area (Å²) in [6.07, 6.45) is 3.45. The molecule has 0 amide bonds. The number of carbonyl (C=O) groups excluding carboxylic acids is 1. The van der Waals surface area contributed by atoms with Gasteiger partial charge in [-0.25, -0.2) is 4.79 Å². The Labute approximate surface area is 179 Å². The predicted octanol–water partition coefficient (Wildman–Crippen LogP) is 5.62. The van der Waals surface area contributed by atoms with Crippen LogP contribution in [-0.4, -0.2) is 16.2 Å². The lowest BCUT2D eigenvalue weighted by atomic mass is 9.77. The minimum atomic E-state index is -1.20. The Morgan fingerprint density at radius 2 is 1.48 bits per heavy atom. The van der Waals surface area contributed by atoms with Crippen molar-refractivity contribution in [1.82, 2.24) is 0 Å². The molecule has 5 nitrogen and oxygen atoms in total. The topological polar surface area (TPSA) is 76.0 Å². The van der Waals surface area contributed by atoms with E-state index >= 15 is 0 Å². The normalized spacial score (nSPS) is 17.2. The van der Waals surface area contributed by atoms with Crippen LogP contribution in [0.4, 0.5) is 0 Å². The molecule has 1 saturated carbocycles. The summed E-state index contributed by atoms with van der Waals surface area (Å²) < 4.78 is 12.1. The fourth-order valence-corrected chi connectivity index (χ4v) is 4.87. The Bertz CT molecular complexity index is 1260. The van der Waals surface area contributed by atoms with E-state index in [1.54, 1.807) is 24.3 Å². The molecule has 3 aliphatic rings. The molecule has 6 rings (SSSR count). The third-order valence-corrected chi connectivity index (χ3v) is 6.69. The van der Waals surface area contributed by atoms with Gasteiger partial charge in [0.1, 0.15) is 23.0 Å². The van der Waals surface area contributed by atoms with Crippen molar-refractivity contribution in [2.45, 2.75) is 31.8 Å². The first-order chi connectivity index (χ1) is 15.0. The Morgan fingerprint density at radius 3 is 2.06 bits per heavy atom. The van der Waals surface area contributed by atoms with Crippen molar-refractivity contribution in [3.05, 3.63) is 88.0 Å². The largest absolute Gasteiger partial charge is 0.508 e. The first-order valence-electron chi connectivity index (χ1n) is 10.4. The average Bonchev–Trinajstić information content (AvgIpc) is 2.99. The summed E-state index contributed by atoms with van der Waals surface area (Å²) in [7, 11) is 0. The number of carbonyl (C=O) groups is 1. The minimum Gasteiger partial charge on any atom is -0.508 e. The van der Waals surface area contributed by atoms with Gasteiger partial charge in [-0.05, 0) is 67.7 Å². The quantitative estimate of drug-likeness (QED) is 0.507. The zero-order valence-electron chi connectivity index (χ0n) is 16.9. The summed E-state index contributed by atoms with van der Waals surface area (Å²) in [5.41, 5.74) is 5.03. The number of benzene rings is 3. The lowest BCUT2D eigenvalue weighted by molar-refractivity contribution is 0.0224. The van der Waals surface area contributed by atoms with Crippen LogP contribution in [0.25, 0.3) is 5.57 Å². The summed E-state index contributed by atoms with van der Waals surface area (Å²) in [5.74, 6) is 0.453. The van der Waals surface area contributed by atoms with Crippen molar-refractivity contribution < 1.29 is 24.5 Å². The second-order valence-corrected chi connectivity index (χ2v) is 8.38. The Kier molecular flexibility index (Phi) is 3.58. The van der Waals surface area contributed by atoms with E-state index in [4.69, 9.17) is 9.47 Å². The zero-order valence-corrected chi connectivity index (χ0v) is 16.9. The van der Waals surface area contributed by atoms with E-state index in [0.717, 1.165) is 24.0 Å². The number of allylic oxidation sites excluding steroid dienone is 2. The maximum Gasteiger partial charge on any atom is 0.340 e. The van der Waals surface area contributed by atoms with Crippen LogP contribution < -0.4 is 4.74 Å². The maximum absolute atomic E-state index is 13.1. The number of hydrogen-bond donors (Lipinski definition) is 2. The molecule has 31 heavy (non-hydrogen) atoms. The zero-order chi connectivity index (χ0) is 21.3. The van der Waals surface area contributed by atoms with Gasteiger partial charge >= 0.3 is 5.97 Å². The molecular formula is C26H20O5. The van der Waals surface area contributed by atoms with Crippen molar-refractivity contribution in [3.8, 4) is 23.0 Å². The van der Waals surface area contributed by atoms with Crippen LogP contribution in [0.1, 0.15) is 58.8 Å². The minimum absolute atomic E-state index is 0.0418. The van der Waals surface area contributed by atoms with Crippen LogP contribution >= 0.6 is 0 Å². The molecule has 1 aliphatic carbocycles. The van der Waals surface area contributed by atoms with Crippen molar-refractivity contribution in [2.75, 3.05) is 0 Å². The molecule has 0 saturated heterocycles. The molecular weight excluding hydrogens is 392 g/mol. The van der Waals surface area contributed by atoms with E-state index in [1.807, 2.05) is 18.2 Å². The fourth-order valence-electron chi connectivity index (χ4n) is 4.87. The third kappa shape index (κ3) is 2.40. The van der Waals surface area contributed by atoms with Gasteiger partial charge < -0.3 is 19.7 Å². The van der Waals surface area contributed by atoms with E-state index in [9.17, 15) is 15.0 Å². The number of phenols is 2. The molecule has 0 bridgehead atoms. The molecule has 5 heteroatoms. The number of fused-ring (bicyclic) bond motifs is 6.